The number of nitro benzene ring substituents is 1. The summed E-state index contributed by atoms with van der Waals surface area (Å²) in [5.74, 6) is 0.703. The van der Waals surface area contributed by atoms with Crippen LogP contribution in [0.5, 0.6) is 0 Å². The Morgan fingerprint density at radius 2 is 1.75 bits per heavy atom. The number of para-hydroxylation sites is 2. The molecule has 0 radical (unpaired) electrons. The molecule has 0 unspecified atom stereocenters. The zero-order valence-corrected chi connectivity index (χ0v) is 15.3. The minimum absolute atomic E-state index is 0.0478. The van der Waals surface area contributed by atoms with Crippen LogP contribution in [0.2, 0.25) is 0 Å². The first-order valence-corrected chi connectivity index (χ1v) is 8.62. The third kappa shape index (κ3) is 4.89. The van der Waals surface area contributed by atoms with Crippen molar-refractivity contribution >= 4 is 40.7 Å². The summed E-state index contributed by atoms with van der Waals surface area (Å²) < 4.78 is 5.67. The predicted molar refractivity (Wildman–Crippen MR) is 111 cm³/mol. The van der Waals surface area contributed by atoms with Crippen molar-refractivity contribution < 1.29 is 14.1 Å². The number of nitrogens with zero attached hydrogens (tertiary/aromatic N) is 1. The van der Waals surface area contributed by atoms with Crippen LogP contribution in [0.15, 0.2) is 77.2 Å². The van der Waals surface area contributed by atoms with E-state index >= 15 is 0 Å². The van der Waals surface area contributed by atoms with Crippen molar-refractivity contribution in [2.75, 3.05) is 5.32 Å². The standard InChI is InChI=1S/C20H15N3O4S/c24-19(22-20(28)21-16-8-4-5-9-17(16)23(25)26)13-11-15-10-12-18(27-15)14-6-2-1-3-7-14/h1-13H,(H2,21,22,24,28)/b13-11+. The van der Waals surface area contributed by atoms with E-state index in [1.165, 1.54) is 24.3 Å². The summed E-state index contributed by atoms with van der Waals surface area (Å²) in [6, 6.07) is 19.1. The average Bonchev–Trinajstić information content (AvgIpc) is 3.16. The molecule has 1 aromatic heterocycles. The number of thiocarbonyl (C=S) groups is 1. The molecular formula is C20H15N3O4S. The number of anilines is 1. The second kappa shape index (κ2) is 8.74. The van der Waals surface area contributed by atoms with E-state index in [1.807, 2.05) is 36.4 Å². The summed E-state index contributed by atoms with van der Waals surface area (Å²) in [7, 11) is 0. The zero-order chi connectivity index (χ0) is 19.9. The molecule has 3 aromatic rings. The van der Waals surface area contributed by atoms with Gasteiger partial charge >= 0.3 is 0 Å². The molecule has 28 heavy (non-hydrogen) atoms. The number of nitrogens with one attached hydrogen (secondary N) is 2. The molecule has 140 valence electrons. The number of furan rings is 1. The number of amides is 1. The van der Waals surface area contributed by atoms with Crippen LogP contribution in [-0.4, -0.2) is 15.9 Å². The van der Waals surface area contributed by atoms with Crippen molar-refractivity contribution in [1.82, 2.24) is 5.32 Å². The monoisotopic (exact) mass is 393 g/mol. The maximum Gasteiger partial charge on any atom is 0.292 e. The molecule has 2 aromatic carbocycles. The lowest BCUT2D eigenvalue weighted by molar-refractivity contribution is -0.383. The molecule has 2 N–H and O–H groups in total. The molecule has 0 aliphatic carbocycles. The van der Waals surface area contributed by atoms with Crippen LogP contribution in [0.1, 0.15) is 5.76 Å². The zero-order valence-electron chi connectivity index (χ0n) is 14.5. The van der Waals surface area contributed by atoms with Gasteiger partial charge in [-0.05, 0) is 36.5 Å². The van der Waals surface area contributed by atoms with E-state index in [4.69, 9.17) is 16.6 Å². The lowest BCUT2D eigenvalue weighted by Gasteiger charge is -2.08. The Kier molecular flexibility index (Phi) is 5.93. The summed E-state index contributed by atoms with van der Waals surface area (Å²) >= 11 is 5.03. The second-order valence-electron chi connectivity index (χ2n) is 5.62. The average molecular weight is 393 g/mol. The first-order chi connectivity index (χ1) is 13.5. The molecule has 0 fully saturated rings. The number of hydrogen-bond acceptors (Lipinski definition) is 5. The number of benzene rings is 2. The van der Waals surface area contributed by atoms with E-state index in [1.54, 1.807) is 18.2 Å². The van der Waals surface area contributed by atoms with E-state index < -0.39 is 10.8 Å². The first-order valence-electron chi connectivity index (χ1n) is 8.21. The number of rotatable bonds is 5. The largest absolute Gasteiger partial charge is 0.457 e. The fourth-order valence-electron chi connectivity index (χ4n) is 2.40. The molecule has 1 heterocycles. The van der Waals surface area contributed by atoms with Crippen LogP contribution in [0.25, 0.3) is 17.4 Å². The Bertz CT molecular complexity index is 1040. The molecule has 0 bridgehead atoms. The quantitative estimate of drug-likeness (QED) is 0.289. The van der Waals surface area contributed by atoms with Crippen LogP contribution in [0, 0.1) is 10.1 Å². The van der Waals surface area contributed by atoms with Gasteiger partial charge in [-0.25, -0.2) is 0 Å². The second-order valence-corrected chi connectivity index (χ2v) is 6.03. The Labute approximate surface area is 165 Å². The van der Waals surface area contributed by atoms with Crippen LogP contribution in [-0.2, 0) is 4.79 Å². The van der Waals surface area contributed by atoms with Crippen LogP contribution in [0.3, 0.4) is 0 Å². The van der Waals surface area contributed by atoms with E-state index in [0.29, 0.717) is 11.5 Å². The van der Waals surface area contributed by atoms with Crippen molar-refractivity contribution in [2.45, 2.75) is 0 Å². The van der Waals surface area contributed by atoms with E-state index in [0.717, 1.165) is 5.56 Å². The van der Waals surface area contributed by atoms with Gasteiger partial charge in [0.15, 0.2) is 5.11 Å². The summed E-state index contributed by atoms with van der Waals surface area (Å²) in [6.45, 7) is 0. The van der Waals surface area contributed by atoms with Gasteiger partial charge < -0.3 is 9.73 Å². The molecule has 0 saturated carbocycles. The Hall–Kier alpha value is -3.78. The van der Waals surface area contributed by atoms with Gasteiger partial charge in [0, 0.05) is 17.7 Å². The van der Waals surface area contributed by atoms with Crippen molar-refractivity contribution in [1.29, 1.82) is 0 Å². The molecule has 7 nitrogen and oxygen atoms in total. The Morgan fingerprint density at radius 3 is 2.50 bits per heavy atom. The molecule has 0 spiro atoms. The third-order valence-corrected chi connectivity index (χ3v) is 3.87. The van der Waals surface area contributed by atoms with Gasteiger partial charge in [-0.2, -0.15) is 0 Å². The number of carbonyl (C=O) groups is 1. The van der Waals surface area contributed by atoms with E-state index in [9.17, 15) is 14.9 Å². The Morgan fingerprint density at radius 1 is 1.04 bits per heavy atom. The van der Waals surface area contributed by atoms with Gasteiger partial charge in [0.2, 0.25) is 5.91 Å². The van der Waals surface area contributed by atoms with Gasteiger partial charge in [0.1, 0.15) is 17.2 Å². The molecule has 0 aliphatic rings. The van der Waals surface area contributed by atoms with Crippen LogP contribution in [0.4, 0.5) is 11.4 Å². The summed E-state index contributed by atoms with van der Waals surface area (Å²) in [6.07, 6.45) is 2.77. The lowest BCUT2D eigenvalue weighted by Crippen LogP contribution is -2.33. The lowest BCUT2D eigenvalue weighted by atomic mass is 10.2. The topological polar surface area (TPSA) is 97.4 Å². The number of hydrogen-bond donors (Lipinski definition) is 2. The molecule has 0 atom stereocenters. The number of nitro groups is 1. The summed E-state index contributed by atoms with van der Waals surface area (Å²) in [4.78, 5) is 22.5. The normalized spacial score (nSPS) is 10.6. The molecule has 8 heteroatoms. The van der Waals surface area contributed by atoms with Crippen molar-refractivity contribution in [3.05, 3.63) is 88.7 Å². The minimum atomic E-state index is -0.534. The fraction of sp³-hybridized carbons (Fsp3) is 0. The molecular weight excluding hydrogens is 378 g/mol. The summed E-state index contributed by atoms with van der Waals surface area (Å²) in [5, 5.41) is 16.0. The van der Waals surface area contributed by atoms with Crippen molar-refractivity contribution in [3.63, 3.8) is 0 Å². The van der Waals surface area contributed by atoms with Gasteiger partial charge in [-0.1, -0.05) is 42.5 Å². The Balaban J connectivity index is 1.59. The highest BCUT2D eigenvalue weighted by Crippen LogP contribution is 2.23. The van der Waals surface area contributed by atoms with E-state index in [2.05, 4.69) is 10.6 Å². The molecule has 1 amide bonds. The maximum atomic E-state index is 12.0. The van der Waals surface area contributed by atoms with Crippen LogP contribution >= 0.6 is 12.2 Å². The highest BCUT2D eigenvalue weighted by Gasteiger charge is 2.13. The molecule has 0 aliphatic heterocycles. The molecule has 3 rings (SSSR count). The van der Waals surface area contributed by atoms with Gasteiger partial charge in [0.25, 0.3) is 5.69 Å². The highest BCUT2D eigenvalue weighted by atomic mass is 32.1. The van der Waals surface area contributed by atoms with Gasteiger partial charge in [-0.3, -0.25) is 20.2 Å². The predicted octanol–water partition coefficient (Wildman–Crippen LogP) is 4.38. The minimum Gasteiger partial charge on any atom is -0.457 e. The summed E-state index contributed by atoms with van der Waals surface area (Å²) in [5.41, 5.74) is 0.986. The smallest absolute Gasteiger partial charge is 0.292 e. The number of carbonyl (C=O) groups excluding carboxylic acids is 1. The first kappa shape index (κ1) is 19.0. The third-order valence-electron chi connectivity index (χ3n) is 3.67. The van der Waals surface area contributed by atoms with Gasteiger partial charge in [-0.15, -0.1) is 0 Å². The van der Waals surface area contributed by atoms with Gasteiger partial charge in [0.05, 0.1) is 4.92 Å². The van der Waals surface area contributed by atoms with Crippen LogP contribution < -0.4 is 10.6 Å². The fourth-order valence-corrected chi connectivity index (χ4v) is 2.61. The molecule has 0 saturated heterocycles. The SMILES string of the molecule is O=C(/C=C/c1ccc(-c2ccccc2)o1)NC(=S)Nc1ccccc1[N+](=O)[O-]. The van der Waals surface area contributed by atoms with E-state index in [-0.39, 0.29) is 16.5 Å². The van der Waals surface area contributed by atoms with Crippen molar-refractivity contribution in [2.24, 2.45) is 0 Å². The maximum absolute atomic E-state index is 12.0. The van der Waals surface area contributed by atoms with Crippen molar-refractivity contribution in [3.8, 4) is 11.3 Å². The highest BCUT2D eigenvalue weighted by molar-refractivity contribution is 7.80.